The van der Waals surface area contributed by atoms with Crippen molar-refractivity contribution >= 4 is 107 Å². The second-order valence-corrected chi connectivity index (χ2v) is 3.66. The second-order valence-electron chi connectivity index (χ2n) is 3.66. The van der Waals surface area contributed by atoms with Gasteiger partial charge in [0.25, 0.3) is 0 Å². The summed E-state index contributed by atoms with van der Waals surface area (Å²) in [6, 6.07) is 0. The van der Waals surface area contributed by atoms with Crippen LogP contribution in [0.25, 0.3) is 0 Å². The van der Waals surface area contributed by atoms with Crippen LogP contribution < -0.4 is 0 Å². The Kier molecular flexibility index (Phi) is 7.81. The third-order valence-corrected chi connectivity index (χ3v) is 2.22. The lowest BCUT2D eigenvalue weighted by Gasteiger charge is -2.33. The molecule has 0 aromatic heterocycles. The van der Waals surface area contributed by atoms with Crippen molar-refractivity contribution in [3.05, 3.63) is 0 Å². The Bertz CT molecular complexity index is 145. The molecule has 0 saturated heterocycles. The minimum Gasteiger partial charge on any atom is 0 e. The van der Waals surface area contributed by atoms with Crippen LogP contribution in [-0.2, 0) is 0 Å². The van der Waals surface area contributed by atoms with Crippen LogP contribution in [0.5, 0.6) is 0 Å². The molecule has 0 nitrogen and oxygen atoms in total. The van der Waals surface area contributed by atoms with Crippen LogP contribution >= 0.6 is 0 Å². The monoisotopic (exact) mass is 165 g/mol. The second kappa shape index (κ2) is 7.33. The molecule has 0 aliphatic rings. The zero-order valence-electron chi connectivity index (χ0n) is 8.66. The molecule has 0 N–H and O–H groups in total. The van der Waals surface area contributed by atoms with Crippen molar-refractivity contribution in [1.29, 1.82) is 0 Å². The molecule has 17 radical (unpaired) electrons. The van der Waals surface area contributed by atoms with Gasteiger partial charge in [0.1, 0.15) is 0 Å². The van der Waals surface area contributed by atoms with Crippen molar-refractivity contribution in [2.45, 2.75) is 0 Å². The summed E-state index contributed by atoms with van der Waals surface area (Å²) in [5, 5.41) is 0. The van der Waals surface area contributed by atoms with E-state index in [0.717, 1.165) is 0 Å². The first-order chi connectivity index (χ1) is 6.77. The minimum atomic E-state index is -0.736. The van der Waals surface area contributed by atoms with Gasteiger partial charge in [0.15, 0.2) is 0 Å². The van der Waals surface area contributed by atoms with Gasteiger partial charge >= 0.3 is 0 Å². The van der Waals surface area contributed by atoms with Crippen molar-refractivity contribution in [3.63, 3.8) is 0 Å². The van der Waals surface area contributed by atoms with E-state index in [1.165, 1.54) is 0 Å². The van der Waals surface area contributed by atoms with Crippen LogP contribution in [-0.4, -0.2) is 107 Å². The highest BCUT2D eigenvalue weighted by atomic mass is 13.1. The molecule has 15 heavy (non-hydrogen) atoms. The molecule has 0 aliphatic heterocycles. The maximum Gasteiger partial charge on any atom is 0 e. The predicted octanol–water partition coefficient (Wildman–Crippen LogP) is -5.71. The summed E-state index contributed by atoms with van der Waals surface area (Å²) in [7, 11) is 45.8. The van der Waals surface area contributed by atoms with Gasteiger partial charge in [-0.1, -0.05) is 0 Å². The molecule has 0 rings (SSSR count). The zero-order valence-corrected chi connectivity index (χ0v) is 8.66. The van der Waals surface area contributed by atoms with E-state index in [4.69, 9.17) is 61.9 Å². The molecular formula is B15. The van der Waals surface area contributed by atoms with Crippen molar-refractivity contribution in [3.8, 4) is 0 Å². The third kappa shape index (κ3) is 5.73. The van der Waals surface area contributed by atoms with E-state index in [9.17, 15) is 0 Å². The van der Waals surface area contributed by atoms with Gasteiger partial charge in [-0.3, -0.25) is 0 Å². The Labute approximate surface area is 107 Å². The maximum atomic E-state index is 5.57. The molecule has 0 bridgehead atoms. The fourth-order valence-corrected chi connectivity index (χ4v) is 1.54. The predicted molar refractivity (Wildman–Crippen MR) is 86.3 cm³/mol. The molecule has 0 heterocycles. The fraction of sp³-hybridized carbons (Fsp3) is 0. The van der Waals surface area contributed by atoms with Gasteiger partial charge in [-0.05, 0) is 0 Å². The Balaban J connectivity index is 4.68. The molecule has 0 atom stereocenters. The van der Waals surface area contributed by atoms with Gasteiger partial charge in [0.2, 0.25) is 0 Å². The van der Waals surface area contributed by atoms with E-state index in [-0.39, 0.29) is 0 Å². The molecule has 0 unspecified atom stereocenters. The van der Waals surface area contributed by atoms with Gasteiger partial charge in [-0.25, -0.2) is 0 Å². The van der Waals surface area contributed by atoms with Gasteiger partial charge in [-0.15, -0.1) is 0 Å². The fourth-order valence-electron chi connectivity index (χ4n) is 1.54. The summed E-state index contributed by atoms with van der Waals surface area (Å²) in [5.74, 6) is 0. The highest BCUT2D eigenvalue weighted by Gasteiger charge is 2.33. The summed E-state index contributed by atoms with van der Waals surface area (Å²) in [6.07, 6.45) is -3.76. The van der Waals surface area contributed by atoms with Gasteiger partial charge in [-0.2, -0.15) is 0 Å². The van der Waals surface area contributed by atoms with E-state index in [1.54, 1.807) is 7.06 Å². The van der Waals surface area contributed by atoms with Gasteiger partial charge < -0.3 is 0 Å². The molecule has 0 spiro atoms. The summed E-state index contributed by atoms with van der Waals surface area (Å²) in [4.78, 5) is 0. The molecule has 15 heteroatoms. The van der Waals surface area contributed by atoms with Crippen LogP contribution in [0.1, 0.15) is 0 Å². The van der Waals surface area contributed by atoms with Crippen LogP contribution in [0.3, 0.4) is 0 Å². The standard InChI is InChI=1S/B15/c1-10(2)9-14(11(3)4)15(12(5)6)13(7)8. The van der Waals surface area contributed by atoms with Crippen LogP contribution in [0.4, 0.5) is 0 Å². The molecular weight excluding hydrogens is 162 g/mol. The lowest BCUT2D eigenvalue weighted by atomic mass is 8.49. The topological polar surface area (TPSA) is 0 Å². The third-order valence-electron chi connectivity index (χ3n) is 2.22. The summed E-state index contributed by atoms with van der Waals surface area (Å²) in [5.41, 5.74) is 0. The van der Waals surface area contributed by atoms with E-state index in [2.05, 4.69) is 0 Å². The normalized spacial score (nSPS) is 8.80. The average Bonchev–Trinajstić information content (AvgIpc) is 2.00. The smallest absolute Gasteiger partial charge is 0 e. The molecule has 0 fully saturated rings. The van der Waals surface area contributed by atoms with Crippen LogP contribution in [0.2, 0.25) is 0 Å². The van der Waals surface area contributed by atoms with E-state index >= 15 is 0 Å². The minimum absolute atomic E-state index is 0.426. The van der Waals surface area contributed by atoms with E-state index in [0.29, 0.717) is 0 Å². The number of rotatable bonds is 6. The Hall–Kier alpha value is 0.974. The van der Waals surface area contributed by atoms with Crippen molar-refractivity contribution in [1.82, 2.24) is 0 Å². The molecule has 0 aromatic rings. The molecule has 0 amide bonds. The van der Waals surface area contributed by atoms with Crippen LogP contribution in [0.15, 0.2) is 0 Å². The first kappa shape index (κ1) is 16.0. The Morgan fingerprint density at radius 1 is 0.600 bits per heavy atom. The molecule has 45 valence electrons. The van der Waals surface area contributed by atoms with Gasteiger partial charge in [0.05, 0.1) is 0 Å². The van der Waals surface area contributed by atoms with E-state index in [1.807, 2.05) is 0 Å². The quantitative estimate of drug-likeness (QED) is 0.341. The zero-order chi connectivity index (χ0) is 12.2. The lowest BCUT2D eigenvalue weighted by Crippen LogP contribution is -2.71. The SMILES string of the molecule is [B]B([B])[B]B(B([B])[B])B(B([B])[B])B([B])[B]. The highest BCUT2D eigenvalue weighted by molar-refractivity contribution is 8.09. The molecule has 0 saturated carbocycles. The Morgan fingerprint density at radius 3 is 1.20 bits per heavy atom. The average molecular weight is 162 g/mol. The van der Waals surface area contributed by atoms with Gasteiger partial charge in [0, 0.05) is 107 Å². The van der Waals surface area contributed by atoms with Crippen molar-refractivity contribution < 1.29 is 0 Å². The van der Waals surface area contributed by atoms with Crippen LogP contribution in [0, 0.1) is 0 Å². The summed E-state index contributed by atoms with van der Waals surface area (Å²) in [6.45, 7) is 0. The summed E-state index contributed by atoms with van der Waals surface area (Å²) < 4.78 is 0. The molecule has 0 aromatic carbocycles. The number of hydrogen-bond donors (Lipinski definition) is 0. The largest absolute Gasteiger partial charge is 0 e. The molecule has 0 aliphatic carbocycles. The maximum absolute atomic E-state index is 5.57. The van der Waals surface area contributed by atoms with E-state index < -0.39 is 38.3 Å². The first-order valence-electron chi connectivity index (χ1n) is 4.67. The lowest BCUT2D eigenvalue weighted by molar-refractivity contribution is 3.43. The Morgan fingerprint density at radius 2 is 1.00 bits per heavy atom. The number of hydrogen-bond acceptors (Lipinski definition) is 0. The summed E-state index contributed by atoms with van der Waals surface area (Å²) >= 11 is 0. The van der Waals surface area contributed by atoms with Crippen molar-refractivity contribution in [2.75, 3.05) is 0 Å². The highest BCUT2D eigenvalue weighted by Crippen LogP contribution is 1.95. The van der Waals surface area contributed by atoms with Crippen molar-refractivity contribution in [2.24, 2.45) is 0 Å². The first-order valence-corrected chi connectivity index (χ1v) is 4.67.